The van der Waals surface area contributed by atoms with Gasteiger partial charge in [-0.1, -0.05) is 48.6 Å². The zero-order valence-corrected chi connectivity index (χ0v) is 13.9. The van der Waals surface area contributed by atoms with Crippen molar-refractivity contribution in [1.29, 1.82) is 0 Å². The summed E-state index contributed by atoms with van der Waals surface area (Å²) in [6, 6.07) is 8.96. The normalized spacial score (nSPS) is 20.9. The summed E-state index contributed by atoms with van der Waals surface area (Å²) >= 11 is 0. The van der Waals surface area contributed by atoms with E-state index in [2.05, 4.69) is 0 Å². The molecule has 0 bridgehead atoms. The predicted molar refractivity (Wildman–Crippen MR) is 91.8 cm³/mol. The van der Waals surface area contributed by atoms with Crippen molar-refractivity contribution in [3.05, 3.63) is 54.1 Å². The quantitative estimate of drug-likeness (QED) is 0.561. The molecule has 6 heteroatoms. The number of hydrogen-bond acceptors (Lipinski definition) is 4. The first kappa shape index (κ1) is 17.9. The summed E-state index contributed by atoms with van der Waals surface area (Å²) in [4.78, 5) is 25.7. The summed E-state index contributed by atoms with van der Waals surface area (Å²) in [7, 11) is 3.23. The number of carbonyl (C=O) groups excluding carboxylic acids is 2. The van der Waals surface area contributed by atoms with E-state index in [0.29, 0.717) is 6.42 Å². The Morgan fingerprint density at radius 1 is 1.33 bits per heavy atom. The van der Waals surface area contributed by atoms with E-state index in [0.717, 1.165) is 11.1 Å². The summed E-state index contributed by atoms with van der Waals surface area (Å²) in [6.45, 7) is 0. The Bertz CT molecular complexity index is 667. The van der Waals surface area contributed by atoms with Crippen LogP contribution in [-0.2, 0) is 9.59 Å². The Hall–Kier alpha value is -2.44. The van der Waals surface area contributed by atoms with E-state index in [1.165, 1.54) is 4.90 Å². The second-order valence-electron chi connectivity index (χ2n) is 6.20. The lowest BCUT2D eigenvalue weighted by molar-refractivity contribution is -0.139. The number of nitrogens with two attached hydrogens (primary N) is 1. The molecule has 1 aromatic rings. The molecule has 4 N–H and O–H groups in total. The van der Waals surface area contributed by atoms with Crippen molar-refractivity contribution in [2.24, 2.45) is 11.1 Å². The number of hydroxylamine groups is 1. The summed E-state index contributed by atoms with van der Waals surface area (Å²) in [5.41, 5.74) is 8.66. The molecule has 1 aliphatic rings. The Labute approximate surface area is 141 Å². The molecular weight excluding hydrogens is 306 g/mol. The minimum Gasteiger partial charge on any atom is -0.347 e. The van der Waals surface area contributed by atoms with E-state index < -0.39 is 17.4 Å². The Kier molecular flexibility index (Phi) is 5.54. The van der Waals surface area contributed by atoms with Crippen molar-refractivity contribution in [3.8, 4) is 0 Å². The van der Waals surface area contributed by atoms with E-state index in [9.17, 15) is 9.59 Å². The van der Waals surface area contributed by atoms with Crippen molar-refractivity contribution in [2.45, 2.75) is 18.9 Å². The van der Waals surface area contributed by atoms with Gasteiger partial charge in [0.2, 0.25) is 5.91 Å². The van der Waals surface area contributed by atoms with Gasteiger partial charge >= 0.3 is 0 Å². The molecule has 0 heterocycles. The molecule has 2 unspecified atom stereocenters. The molecule has 2 atom stereocenters. The highest BCUT2D eigenvalue weighted by molar-refractivity contribution is 5.89. The fourth-order valence-corrected chi connectivity index (χ4v) is 2.86. The molecule has 0 radical (unpaired) electrons. The number of hydrogen-bond donors (Lipinski definition) is 3. The molecule has 24 heavy (non-hydrogen) atoms. The van der Waals surface area contributed by atoms with Gasteiger partial charge in [-0.15, -0.1) is 0 Å². The van der Waals surface area contributed by atoms with Crippen LogP contribution >= 0.6 is 0 Å². The van der Waals surface area contributed by atoms with E-state index in [1.807, 2.05) is 42.5 Å². The van der Waals surface area contributed by atoms with Crippen molar-refractivity contribution in [3.63, 3.8) is 0 Å². The van der Waals surface area contributed by atoms with Crippen molar-refractivity contribution in [2.75, 3.05) is 14.1 Å². The first-order chi connectivity index (χ1) is 11.4. The monoisotopic (exact) mass is 329 g/mol. The molecule has 6 nitrogen and oxygen atoms in total. The fraction of sp³-hybridized carbons (Fsp3) is 0.333. The maximum atomic E-state index is 12.2. The largest absolute Gasteiger partial charge is 0.347 e. The Morgan fingerprint density at radius 2 is 2.00 bits per heavy atom. The van der Waals surface area contributed by atoms with Gasteiger partial charge in [0.1, 0.15) is 0 Å². The van der Waals surface area contributed by atoms with Gasteiger partial charge in [0, 0.05) is 14.1 Å². The lowest BCUT2D eigenvalue weighted by Crippen LogP contribution is -2.48. The number of amides is 2. The smallest absolute Gasteiger partial charge is 0.253 e. The zero-order valence-electron chi connectivity index (χ0n) is 13.9. The Morgan fingerprint density at radius 3 is 2.50 bits per heavy atom. The summed E-state index contributed by atoms with van der Waals surface area (Å²) < 4.78 is 0. The van der Waals surface area contributed by atoms with Crippen LogP contribution in [0.15, 0.2) is 48.6 Å². The van der Waals surface area contributed by atoms with E-state index >= 15 is 0 Å². The van der Waals surface area contributed by atoms with Crippen molar-refractivity contribution < 1.29 is 14.8 Å². The number of nitrogens with zero attached hydrogens (tertiary/aromatic N) is 1. The molecule has 0 aromatic heterocycles. The van der Waals surface area contributed by atoms with E-state index in [4.69, 9.17) is 10.9 Å². The number of benzene rings is 1. The molecule has 128 valence electrons. The molecule has 0 spiro atoms. The molecule has 1 aliphatic carbocycles. The van der Waals surface area contributed by atoms with Gasteiger partial charge in [-0.05, 0) is 24.0 Å². The van der Waals surface area contributed by atoms with Crippen LogP contribution in [0.3, 0.4) is 0 Å². The topological polar surface area (TPSA) is 95.7 Å². The van der Waals surface area contributed by atoms with Gasteiger partial charge in [-0.2, -0.15) is 0 Å². The molecule has 0 saturated carbocycles. The highest BCUT2D eigenvalue weighted by atomic mass is 16.5. The highest BCUT2D eigenvalue weighted by Crippen LogP contribution is 2.37. The SMILES string of the molecule is CN(C)C(=O)C(N)CC1(C(=O)NO)C=CC(c2ccccc2)=CC1. The van der Waals surface area contributed by atoms with Crippen molar-refractivity contribution >= 4 is 17.4 Å². The minimum atomic E-state index is -1.04. The number of carbonyl (C=O) groups is 2. The second kappa shape index (κ2) is 7.42. The van der Waals surface area contributed by atoms with E-state index in [1.54, 1.807) is 25.7 Å². The molecule has 2 amide bonds. The first-order valence-corrected chi connectivity index (χ1v) is 7.76. The van der Waals surface area contributed by atoms with Crippen LogP contribution in [0.4, 0.5) is 0 Å². The number of allylic oxidation sites excluding steroid dienone is 3. The minimum absolute atomic E-state index is 0.117. The average molecular weight is 329 g/mol. The molecule has 0 fully saturated rings. The average Bonchev–Trinajstić information content (AvgIpc) is 2.61. The van der Waals surface area contributed by atoms with Gasteiger partial charge < -0.3 is 10.6 Å². The third-order valence-corrected chi connectivity index (χ3v) is 4.27. The third-order valence-electron chi connectivity index (χ3n) is 4.27. The van der Waals surface area contributed by atoms with Gasteiger partial charge in [-0.3, -0.25) is 14.8 Å². The predicted octanol–water partition coefficient (Wildman–Crippen LogP) is 1.33. The molecule has 0 saturated heterocycles. The molecule has 0 aliphatic heterocycles. The Balaban J connectivity index is 2.23. The fourth-order valence-electron chi connectivity index (χ4n) is 2.86. The first-order valence-electron chi connectivity index (χ1n) is 7.76. The number of likely N-dealkylation sites (N-methyl/N-ethyl adjacent to an activating group) is 1. The maximum Gasteiger partial charge on any atom is 0.253 e. The number of nitrogens with one attached hydrogen (secondary N) is 1. The van der Waals surface area contributed by atoms with E-state index in [-0.39, 0.29) is 12.3 Å². The maximum absolute atomic E-state index is 12.2. The lowest BCUT2D eigenvalue weighted by Gasteiger charge is -2.32. The third kappa shape index (κ3) is 3.72. The molecular formula is C18H23N3O3. The van der Waals surface area contributed by atoms with Gasteiger partial charge in [-0.25, -0.2) is 5.48 Å². The van der Waals surface area contributed by atoms with Gasteiger partial charge in [0.25, 0.3) is 5.91 Å². The van der Waals surface area contributed by atoms with Crippen LogP contribution in [0, 0.1) is 5.41 Å². The number of rotatable bonds is 5. The highest BCUT2D eigenvalue weighted by Gasteiger charge is 2.39. The summed E-state index contributed by atoms with van der Waals surface area (Å²) in [6.07, 6.45) is 5.96. The standard InChI is InChI=1S/C18H23N3O3/c1-21(2)16(22)15(19)12-18(17(23)20-24)10-8-14(9-11-18)13-6-4-3-5-7-13/h3-10,15,24H,11-12,19H2,1-2H3,(H,20,23). The van der Waals surface area contributed by atoms with Gasteiger partial charge in [0.15, 0.2) is 0 Å². The van der Waals surface area contributed by atoms with Crippen molar-refractivity contribution in [1.82, 2.24) is 10.4 Å². The summed E-state index contributed by atoms with van der Waals surface area (Å²) in [5.74, 6) is -0.824. The lowest BCUT2D eigenvalue weighted by atomic mass is 9.74. The second-order valence-corrected chi connectivity index (χ2v) is 6.20. The summed E-state index contributed by atoms with van der Waals surface area (Å²) in [5, 5.41) is 9.11. The van der Waals surface area contributed by atoms with Crippen LogP contribution in [-0.4, -0.2) is 42.1 Å². The zero-order chi connectivity index (χ0) is 17.7. The van der Waals surface area contributed by atoms with Crippen LogP contribution in [0.2, 0.25) is 0 Å². The van der Waals surface area contributed by atoms with Crippen LogP contribution in [0.25, 0.3) is 5.57 Å². The van der Waals surface area contributed by atoms with Crippen LogP contribution < -0.4 is 11.2 Å². The van der Waals surface area contributed by atoms with Crippen LogP contribution in [0.5, 0.6) is 0 Å². The van der Waals surface area contributed by atoms with Crippen LogP contribution in [0.1, 0.15) is 18.4 Å². The molecule has 2 rings (SSSR count). The van der Waals surface area contributed by atoms with Gasteiger partial charge in [0.05, 0.1) is 11.5 Å². The molecule has 1 aromatic carbocycles.